The molecular formula is C23H21NO2. The Labute approximate surface area is 153 Å². The Balaban J connectivity index is 1.82. The van der Waals surface area contributed by atoms with Gasteiger partial charge < -0.3 is 5.32 Å². The van der Waals surface area contributed by atoms with Crippen LogP contribution in [-0.2, 0) is 11.2 Å². The predicted molar refractivity (Wildman–Crippen MR) is 105 cm³/mol. The van der Waals surface area contributed by atoms with Gasteiger partial charge in [0.05, 0.1) is 12.1 Å². The molecule has 1 N–H and O–H groups in total. The number of hydrogen-bond acceptors (Lipinski definition) is 2. The van der Waals surface area contributed by atoms with E-state index in [0.29, 0.717) is 16.8 Å². The number of anilines is 1. The number of rotatable bonds is 5. The summed E-state index contributed by atoms with van der Waals surface area (Å²) in [6, 6.07) is 22.5. The highest BCUT2D eigenvalue weighted by Gasteiger charge is 2.15. The summed E-state index contributed by atoms with van der Waals surface area (Å²) in [6.07, 6.45) is 0.271. The topological polar surface area (TPSA) is 46.2 Å². The summed E-state index contributed by atoms with van der Waals surface area (Å²) in [7, 11) is 0. The molecule has 3 aromatic carbocycles. The van der Waals surface area contributed by atoms with E-state index in [2.05, 4.69) is 5.32 Å². The van der Waals surface area contributed by atoms with Crippen molar-refractivity contribution in [3.63, 3.8) is 0 Å². The van der Waals surface area contributed by atoms with Crippen molar-refractivity contribution in [1.29, 1.82) is 0 Å². The molecule has 0 bridgehead atoms. The molecule has 0 aliphatic carbocycles. The second-order valence-corrected chi connectivity index (χ2v) is 6.45. The van der Waals surface area contributed by atoms with E-state index >= 15 is 0 Å². The fourth-order valence-corrected chi connectivity index (χ4v) is 2.79. The number of ketones is 1. The summed E-state index contributed by atoms with van der Waals surface area (Å²) >= 11 is 0. The minimum absolute atomic E-state index is 0.0973. The maximum Gasteiger partial charge on any atom is 0.228 e. The predicted octanol–water partition coefficient (Wildman–Crippen LogP) is 4.72. The first-order valence-electron chi connectivity index (χ1n) is 8.59. The molecule has 0 unspecified atom stereocenters. The van der Waals surface area contributed by atoms with Gasteiger partial charge in [0, 0.05) is 11.1 Å². The Kier molecular flexibility index (Phi) is 5.28. The van der Waals surface area contributed by atoms with Crippen molar-refractivity contribution in [2.75, 3.05) is 5.32 Å². The van der Waals surface area contributed by atoms with E-state index in [9.17, 15) is 9.59 Å². The van der Waals surface area contributed by atoms with Crippen LogP contribution < -0.4 is 5.32 Å². The second-order valence-electron chi connectivity index (χ2n) is 6.45. The van der Waals surface area contributed by atoms with Gasteiger partial charge in [0.25, 0.3) is 0 Å². The van der Waals surface area contributed by atoms with E-state index in [-0.39, 0.29) is 18.1 Å². The van der Waals surface area contributed by atoms with Gasteiger partial charge in [0.2, 0.25) is 5.91 Å². The van der Waals surface area contributed by atoms with E-state index in [1.165, 1.54) is 0 Å². The quantitative estimate of drug-likeness (QED) is 0.682. The monoisotopic (exact) mass is 343 g/mol. The molecule has 0 fully saturated rings. The average Bonchev–Trinajstić information content (AvgIpc) is 2.65. The molecule has 0 aliphatic heterocycles. The van der Waals surface area contributed by atoms with Crippen molar-refractivity contribution in [2.45, 2.75) is 20.3 Å². The number of aryl methyl sites for hydroxylation is 2. The molecule has 0 heterocycles. The summed E-state index contributed by atoms with van der Waals surface area (Å²) in [5.41, 5.74) is 4.72. The zero-order valence-corrected chi connectivity index (χ0v) is 15.0. The first-order chi connectivity index (χ1) is 12.5. The standard InChI is InChI=1S/C23H21NO2/c1-16-8-11-18(12-9-16)15-22(25)24-21-13-10-17(2)14-20(21)23(26)19-6-4-3-5-7-19/h3-14H,15H2,1-2H3,(H,24,25). The fraction of sp³-hybridized carbons (Fsp3) is 0.130. The first kappa shape index (κ1) is 17.6. The Morgan fingerprint density at radius 1 is 0.808 bits per heavy atom. The van der Waals surface area contributed by atoms with Crippen LogP contribution in [0.15, 0.2) is 72.8 Å². The molecule has 0 spiro atoms. The van der Waals surface area contributed by atoms with Crippen LogP contribution in [0.2, 0.25) is 0 Å². The van der Waals surface area contributed by atoms with Gasteiger partial charge in [-0.1, -0.05) is 71.8 Å². The van der Waals surface area contributed by atoms with Crippen LogP contribution >= 0.6 is 0 Å². The Bertz CT molecular complexity index is 928. The molecule has 0 saturated carbocycles. The van der Waals surface area contributed by atoms with Crippen molar-refractivity contribution in [3.05, 3.63) is 101 Å². The average molecular weight is 343 g/mol. The van der Waals surface area contributed by atoms with E-state index in [1.807, 2.05) is 68.4 Å². The molecule has 26 heavy (non-hydrogen) atoms. The van der Waals surface area contributed by atoms with Gasteiger partial charge in [-0.3, -0.25) is 9.59 Å². The number of carbonyl (C=O) groups excluding carboxylic acids is 2. The highest BCUT2D eigenvalue weighted by Crippen LogP contribution is 2.21. The van der Waals surface area contributed by atoms with Crippen LogP contribution in [0.1, 0.15) is 32.6 Å². The fourth-order valence-electron chi connectivity index (χ4n) is 2.79. The van der Waals surface area contributed by atoms with Crippen LogP contribution in [0.25, 0.3) is 0 Å². The Morgan fingerprint density at radius 3 is 2.15 bits per heavy atom. The van der Waals surface area contributed by atoms with Gasteiger partial charge in [-0.15, -0.1) is 0 Å². The number of hydrogen-bond donors (Lipinski definition) is 1. The largest absolute Gasteiger partial charge is 0.325 e. The van der Waals surface area contributed by atoms with Crippen molar-refractivity contribution in [3.8, 4) is 0 Å². The Hall–Kier alpha value is -3.20. The lowest BCUT2D eigenvalue weighted by molar-refractivity contribution is -0.115. The molecule has 0 atom stereocenters. The Morgan fingerprint density at radius 2 is 1.46 bits per heavy atom. The SMILES string of the molecule is Cc1ccc(CC(=O)Nc2ccc(C)cc2C(=O)c2ccccc2)cc1. The van der Waals surface area contributed by atoms with Crippen LogP contribution in [0, 0.1) is 13.8 Å². The molecule has 3 rings (SSSR count). The first-order valence-corrected chi connectivity index (χ1v) is 8.59. The lowest BCUT2D eigenvalue weighted by Crippen LogP contribution is -2.17. The van der Waals surface area contributed by atoms with Crippen molar-refractivity contribution in [2.24, 2.45) is 0 Å². The van der Waals surface area contributed by atoms with Crippen LogP contribution in [0.5, 0.6) is 0 Å². The van der Waals surface area contributed by atoms with Gasteiger partial charge in [0.15, 0.2) is 5.78 Å². The molecule has 3 aromatic rings. The minimum Gasteiger partial charge on any atom is -0.325 e. The molecule has 130 valence electrons. The van der Waals surface area contributed by atoms with Gasteiger partial charge in [-0.2, -0.15) is 0 Å². The molecule has 0 radical (unpaired) electrons. The number of benzene rings is 3. The second kappa shape index (κ2) is 7.79. The zero-order valence-electron chi connectivity index (χ0n) is 15.0. The minimum atomic E-state index is -0.139. The highest BCUT2D eigenvalue weighted by molar-refractivity contribution is 6.14. The zero-order chi connectivity index (χ0) is 18.5. The van der Waals surface area contributed by atoms with E-state index in [4.69, 9.17) is 0 Å². The third kappa shape index (κ3) is 4.25. The van der Waals surface area contributed by atoms with Gasteiger partial charge in [0.1, 0.15) is 0 Å². The molecule has 3 heteroatoms. The molecule has 0 saturated heterocycles. The number of amides is 1. The third-order valence-electron chi connectivity index (χ3n) is 4.22. The molecule has 0 aromatic heterocycles. The lowest BCUT2D eigenvalue weighted by atomic mass is 9.99. The van der Waals surface area contributed by atoms with Crippen LogP contribution in [0.3, 0.4) is 0 Å². The van der Waals surface area contributed by atoms with Crippen molar-refractivity contribution in [1.82, 2.24) is 0 Å². The summed E-state index contributed by atoms with van der Waals surface area (Å²) in [5, 5.41) is 2.89. The maximum absolute atomic E-state index is 12.8. The van der Waals surface area contributed by atoms with Crippen molar-refractivity contribution < 1.29 is 9.59 Å². The summed E-state index contributed by atoms with van der Waals surface area (Å²) in [6.45, 7) is 3.94. The van der Waals surface area contributed by atoms with Gasteiger partial charge >= 0.3 is 0 Å². The maximum atomic E-state index is 12.8. The smallest absolute Gasteiger partial charge is 0.228 e. The summed E-state index contributed by atoms with van der Waals surface area (Å²) < 4.78 is 0. The van der Waals surface area contributed by atoms with Gasteiger partial charge in [-0.25, -0.2) is 0 Å². The summed E-state index contributed by atoms with van der Waals surface area (Å²) in [4.78, 5) is 25.3. The number of nitrogens with one attached hydrogen (secondary N) is 1. The van der Waals surface area contributed by atoms with Crippen LogP contribution in [-0.4, -0.2) is 11.7 Å². The highest BCUT2D eigenvalue weighted by atomic mass is 16.1. The number of carbonyl (C=O) groups is 2. The molecule has 1 amide bonds. The molecule has 0 aliphatic rings. The summed E-state index contributed by atoms with van der Waals surface area (Å²) in [5.74, 6) is -0.236. The van der Waals surface area contributed by atoms with Gasteiger partial charge in [-0.05, 0) is 31.5 Å². The molecule has 3 nitrogen and oxygen atoms in total. The molecular weight excluding hydrogens is 322 g/mol. The lowest BCUT2D eigenvalue weighted by Gasteiger charge is -2.12. The normalized spacial score (nSPS) is 10.4. The van der Waals surface area contributed by atoms with E-state index in [0.717, 1.165) is 16.7 Å². The van der Waals surface area contributed by atoms with E-state index < -0.39 is 0 Å². The van der Waals surface area contributed by atoms with E-state index in [1.54, 1.807) is 18.2 Å². The van der Waals surface area contributed by atoms with Crippen molar-refractivity contribution >= 4 is 17.4 Å². The third-order valence-corrected chi connectivity index (χ3v) is 4.22. The van der Waals surface area contributed by atoms with Crippen LogP contribution in [0.4, 0.5) is 5.69 Å².